The van der Waals surface area contributed by atoms with Gasteiger partial charge in [0.05, 0.1) is 17.4 Å². The summed E-state index contributed by atoms with van der Waals surface area (Å²) in [6, 6.07) is 5.73. The number of aliphatic hydroxyl groups excluding tert-OH is 1. The van der Waals surface area contributed by atoms with Crippen LogP contribution in [0.4, 0.5) is 26.3 Å². The number of hydrogen-bond donors (Lipinski definition) is 3. The highest BCUT2D eigenvalue weighted by Crippen LogP contribution is 2.36. The van der Waals surface area contributed by atoms with Crippen LogP contribution >= 0.6 is 0 Å². The molecule has 3 rings (SSSR count). The number of alkyl halides is 6. The second-order valence-corrected chi connectivity index (χ2v) is 7.66. The third-order valence-corrected chi connectivity index (χ3v) is 5.24. The molecule has 0 radical (unpaired) electrons. The van der Waals surface area contributed by atoms with Crippen molar-refractivity contribution in [3.63, 3.8) is 0 Å². The van der Waals surface area contributed by atoms with Gasteiger partial charge in [0.1, 0.15) is 5.69 Å². The molecule has 0 unspecified atom stereocenters. The van der Waals surface area contributed by atoms with Crippen LogP contribution in [-0.2, 0) is 12.4 Å². The zero-order valence-corrected chi connectivity index (χ0v) is 17.5. The zero-order chi connectivity index (χ0) is 24.2. The zero-order valence-electron chi connectivity index (χ0n) is 17.5. The molecule has 33 heavy (non-hydrogen) atoms. The van der Waals surface area contributed by atoms with Crippen LogP contribution in [-0.4, -0.2) is 29.7 Å². The quantitative estimate of drug-likeness (QED) is 0.374. The first-order valence-corrected chi connectivity index (χ1v) is 10.2. The predicted molar refractivity (Wildman–Crippen MR) is 112 cm³/mol. The van der Waals surface area contributed by atoms with Gasteiger partial charge in [0.2, 0.25) is 0 Å². The molecule has 0 amide bonds. The maximum absolute atomic E-state index is 13.5. The molecule has 178 valence electrons. The van der Waals surface area contributed by atoms with E-state index in [1.807, 2.05) is 12.2 Å². The lowest BCUT2D eigenvalue weighted by Crippen LogP contribution is -2.24. The third-order valence-electron chi connectivity index (χ3n) is 5.24. The van der Waals surface area contributed by atoms with Crippen molar-refractivity contribution >= 4 is 0 Å². The molecule has 0 spiro atoms. The molecular weight excluding hydrogens is 448 g/mol. The minimum Gasteiger partial charge on any atom is -0.388 e. The van der Waals surface area contributed by atoms with Crippen molar-refractivity contribution < 1.29 is 31.4 Å². The molecule has 0 saturated carbocycles. The summed E-state index contributed by atoms with van der Waals surface area (Å²) in [6.45, 7) is 1.58. The summed E-state index contributed by atoms with van der Waals surface area (Å²) in [5.74, 6) is 0. The minimum absolute atomic E-state index is 0.0131. The average molecular weight is 471 g/mol. The van der Waals surface area contributed by atoms with Gasteiger partial charge < -0.3 is 16.2 Å². The SMILES string of the molecule is NCCNCC1=C(C[C@@H](O)c2cc(-c3ccc(C(F)(F)F)cc3)nc(C(F)(F)F)c2)CC=C1. The number of pyridine rings is 1. The van der Waals surface area contributed by atoms with Crippen molar-refractivity contribution in [2.75, 3.05) is 19.6 Å². The van der Waals surface area contributed by atoms with Gasteiger partial charge in [-0.3, -0.25) is 0 Å². The van der Waals surface area contributed by atoms with Gasteiger partial charge in [-0.1, -0.05) is 29.9 Å². The van der Waals surface area contributed by atoms with E-state index in [2.05, 4.69) is 10.3 Å². The summed E-state index contributed by atoms with van der Waals surface area (Å²) in [6.07, 6.45) is -6.12. The maximum Gasteiger partial charge on any atom is 0.433 e. The van der Waals surface area contributed by atoms with E-state index in [1.165, 1.54) is 6.07 Å². The van der Waals surface area contributed by atoms with Gasteiger partial charge in [-0.2, -0.15) is 26.3 Å². The monoisotopic (exact) mass is 471 g/mol. The van der Waals surface area contributed by atoms with Gasteiger partial charge >= 0.3 is 12.4 Å². The van der Waals surface area contributed by atoms with E-state index in [1.54, 1.807) is 0 Å². The third kappa shape index (κ3) is 6.43. The predicted octanol–water partition coefficient (Wildman–Crippen LogP) is 5.01. The van der Waals surface area contributed by atoms with E-state index >= 15 is 0 Å². The Morgan fingerprint density at radius 3 is 2.33 bits per heavy atom. The molecule has 4 nitrogen and oxygen atoms in total. The number of benzene rings is 1. The van der Waals surface area contributed by atoms with Gasteiger partial charge in [-0.05, 0) is 48.2 Å². The molecule has 0 fully saturated rings. The van der Waals surface area contributed by atoms with Crippen LogP contribution in [0.3, 0.4) is 0 Å². The second-order valence-electron chi connectivity index (χ2n) is 7.66. The van der Waals surface area contributed by atoms with Crippen LogP contribution in [0.5, 0.6) is 0 Å². The molecule has 1 atom stereocenters. The molecule has 2 aromatic rings. The van der Waals surface area contributed by atoms with Crippen molar-refractivity contribution in [1.29, 1.82) is 0 Å². The first-order valence-electron chi connectivity index (χ1n) is 10.2. The standard InChI is InChI=1S/C23H23F6N3O/c24-22(25,26)18-6-4-14(5-7-18)19-10-17(12-21(32-19)23(27,28)29)20(33)11-15-2-1-3-16(15)13-31-9-8-30/h1,3-7,10,12,20,31,33H,2,8-9,11,13,30H2/t20-/m1/s1. The van der Waals surface area contributed by atoms with Crippen molar-refractivity contribution in [2.24, 2.45) is 5.73 Å². The molecule has 1 aromatic carbocycles. The van der Waals surface area contributed by atoms with Crippen LogP contribution in [0.2, 0.25) is 0 Å². The van der Waals surface area contributed by atoms with Crippen molar-refractivity contribution in [2.45, 2.75) is 31.3 Å². The van der Waals surface area contributed by atoms with Crippen LogP contribution in [0.15, 0.2) is 59.7 Å². The first kappa shape index (κ1) is 24.9. The normalized spacial score (nSPS) is 15.4. The molecule has 4 N–H and O–H groups in total. The molecule has 0 bridgehead atoms. The van der Waals surface area contributed by atoms with E-state index < -0.39 is 29.7 Å². The van der Waals surface area contributed by atoms with Gasteiger partial charge in [-0.25, -0.2) is 4.98 Å². The van der Waals surface area contributed by atoms with Gasteiger partial charge in [-0.15, -0.1) is 0 Å². The van der Waals surface area contributed by atoms with Crippen molar-refractivity contribution in [1.82, 2.24) is 10.3 Å². The molecular formula is C23H23F6N3O. The fourth-order valence-corrected chi connectivity index (χ4v) is 3.53. The Morgan fingerprint density at radius 1 is 1.03 bits per heavy atom. The summed E-state index contributed by atoms with van der Waals surface area (Å²) >= 11 is 0. The fourth-order valence-electron chi connectivity index (χ4n) is 3.53. The Morgan fingerprint density at radius 2 is 1.73 bits per heavy atom. The molecule has 1 aromatic heterocycles. The average Bonchev–Trinajstić information content (AvgIpc) is 3.19. The summed E-state index contributed by atoms with van der Waals surface area (Å²) in [7, 11) is 0. The fraction of sp³-hybridized carbons (Fsp3) is 0.348. The minimum atomic E-state index is -4.79. The van der Waals surface area contributed by atoms with E-state index in [-0.39, 0.29) is 23.2 Å². The van der Waals surface area contributed by atoms with Crippen LogP contribution in [0.25, 0.3) is 11.3 Å². The summed E-state index contributed by atoms with van der Waals surface area (Å²) in [5, 5.41) is 13.9. The first-order chi connectivity index (χ1) is 15.5. The topological polar surface area (TPSA) is 71.2 Å². The number of aliphatic hydroxyl groups is 1. The summed E-state index contributed by atoms with van der Waals surface area (Å²) in [4.78, 5) is 3.58. The number of allylic oxidation sites excluding steroid dienone is 1. The highest BCUT2D eigenvalue weighted by atomic mass is 19.4. The van der Waals surface area contributed by atoms with E-state index in [0.29, 0.717) is 26.1 Å². The second kappa shape index (κ2) is 10.1. The number of hydrogen-bond acceptors (Lipinski definition) is 4. The van der Waals surface area contributed by atoms with Crippen LogP contribution in [0, 0.1) is 0 Å². The number of nitrogens with two attached hydrogens (primary N) is 1. The molecule has 1 aliphatic rings. The van der Waals surface area contributed by atoms with Gasteiger partial charge in [0, 0.05) is 25.2 Å². The smallest absolute Gasteiger partial charge is 0.388 e. The number of nitrogens with zero attached hydrogens (tertiary/aromatic N) is 1. The Kier molecular flexibility index (Phi) is 7.61. The lowest BCUT2D eigenvalue weighted by atomic mass is 9.96. The van der Waals surface area contributed by atoms with E-state index in [9.17, 15) is 31.4 Å². The van der Waals surface area contributed by atoms with Gasteiger partial charge in [0.15, 0.2) is 0 Å². The highest BCUT2D eigenvalue weighted by molar-refractivity contribution is 5.61. The Balaban J connectivity index is 1.91. The number of nitrogens with one attached hydrogen (secondary N) is 1. The van der Waals surface area contributed by atoms with Crippen molar-refractivity contribution in [3.05, 3.63) is 76.5 Å². The van der Waals surface area contributed by atoms with Gasteiger partial charge in [0.25, 0.3) is 0 Å². The van der Waals surface area contributed by atoms with E-state index in [4.69, 9.17) is 5.73 Å². The highest BCUT2D eigenvalue weighted by Gasteiger charge is 2.34. The maximum atomic E-state index is 13.5. The Labute approximate surface area is 186 Å². The number of rotatable bonds is 8. The molecule has 10 heteroatoms. The van der Waals surface area contributed by atoms with Crippen LogP contribution in [0.1, 0.15) is 35.8 Å². The summed E-state index contributed by atoms with van der Waals surface area (Å²) < 4.78 is 78.8. The number of aromatic nitrogens is 1. The lowest BCUT2D eigenvalue weighted by Gasteiger charge is -2.17. The lowest BCUT2D eigenvalue weighted by molar-refractivity contribution is -0.141. The van der Waals surface area contributed by atoms with Crippen molar-refractivity contribution in [3.8, 4) is 11.3 Å². The van der Waals surface area contributed by atoms with E-state index in [0.717, 1.165) is 41.5 Å². The number of halogens is 6. The Bertz CT molecular complexity index is 1030. The molecule has 0 aliphatic heterocycles. The molecule has 1 heterocycles. The summed E-state index contributed by atoms with van der Waals surface area (Å²) in [5.41, 5.74) is 5.03. The van der Waals surface area contributed by atoms with Crippen LogP contribution < -0.4 is 11.1 Å². The Hall–Kier alpha value is -2.69. The largest absolute Gasteiger partial charge is 0.433 e. The molecule has 0 saturated heterocycles. The molecule has 1 aliphatic carbocycles.